The number of hydrogen-bond donors (Lipinski definition) is 2. The van der Waals surface area contributed by atoms with Crippen LogP contribution in [0.25, 0.3) is 0 Å². The molecule has 0 aliphatic rings. The molecule has 1 rings (SSSR count). The number of nitrogens with two attached hydrogens (primary N) is 1. The van der Waals surface area contributed by atoms with Crippen molar-refractivity contribution in [2.24, 2.45) is 5.73 Å². The second kappa shape index (κ2) is 5.62. The first-order valence-electron chi connectivity index (χ1n) is 4.80. The molecule has 0 radical (unpaired) electrons. The molecule has 0 amide bonds. The number of hydrogen-bond acceptors (Lipinski definition) is 3. The van der Waals surface area contributed by atoms with Crippen LogP contribution in [-0.4, -0.2) is 24.4 Å². The van der Waals surface area contributed by atoms with Crippen molar-refractivity contribution in [2.75, 3.05) is 13.2 Å². The topological polar surface area (TPSA) is 55.5 Å². The van der Waals surface area contributed by atoms with Gasteiger partial charge in [-0.2, -0.15) is 0 Å². The van der Waals surface area contributed by atoms with Gasteiger partial charge in [-0.15, -0.1) is 0 Å². The summed E-state index contributed by atoms with van der Waals surface area (Å²) < 4.78 is 5.23. The summed E-state index contributed by atoms with van der Waals surface area (Å²) in [6.45, 7) is 2.37. The summed E-state index contributed by atoms with van der Waals surface area (Å²) >= 11 is 0. The van der Waals surface area contributed by atoms with Gasteiger partial charge in [-0.25, -0.2) is 0 Å². The smallest absolute Gasteiger partial charge is 0.119 e. The van der Waals surface area contributed by atoms with Crippen LogP contribution in [0, 0.1) is 0 Å². The van der Waals surface area contributed by atoms with Crippen LogP contribution in [-0.2, 0) is 6.42 Å². The van der Waals surface area contributed by atoms with E-state index in [1.54, 1.807) is 0 Å². The normalized spacial score (nSPS) is 12.5. The SMILES string of the molecule is C[C@@H](N)Cc1ccc(OCCO)cc1. The Morgan fingerprint density at radius 2 is 2.00 bits per heavy atom. The van der Waals surface area contributed by atoms with Gasteiger partial charge in [-0.3, -0.25) is 0 Å². The van der Waals surface area contributed by atoms with Crippen molar-refractivity contribution >= 4 is 0 Å². The van der Waals surface area contributed by atoms with E-state index in [4.69, 9.17) is 15.6 Å². The molecule has 1 aromatic carbocycles. The minimum absolute atomic E-state index is 0.0432. The highest BCUT2D eigenvalue weighted by molar-refractivity contribution is 5.27. The Hall–Kier alpha value is -1.06. The van der Waals surface area contributed by atoms with Gasteiger partial charge >= 0.3 is 0 Å². The first kappa shape index (κ1) is 11.0. The second-order valence-corrected chi connectivity index (χ2v) is 3.40. The maximum absolute atomic E-state index is 8.56. The Balaban J connectivity index is 2.50. The molecule has 3 N–H and O–H groups in total. The lowest BCUT2D eigenvalue weighted by Crippen LogP contribution is -2.17. The van der Waals surface area contributed by atoms with Crippen molar-refractivity contribution in [1.29, 1.82) is 0 Å². The molecule has 0 unspecified atom stereocenters. The van der Waals surface area contributed by atoms with Crippen molar-refractivity contribution < 1.29 is 9.84 Å². The monoisotopic (exact) mass is 195 g/mol. The number of aliphatic hydroxyl groups excluding tert-OH is 1. The lowest BCUT2D eigenvalue weighted by atomic mass is 10.1. The van der Waals surface area contributed by atoms with Gasteiger partial charge in [-0.1, -0.05) is 12.1 Å². The highest BCUT2D eigenvalue weighted by Gasteiger charge is 1.98. The molecule has 78 valence electrons. The molecular weight excluding hydrogens is 178 g/mol. The van der Waals surface area contributed by atoms with Crippen LogP contribution in [0.15, 0.2) is 24.3 Å². The van der Waals surface area contributed by atoms with E-state index in [-0.39, 0.29) is 12.6 Å². The summed E-state index contributed by atoms with van der Waals surface area (Å²) in [6.07, 6.45) is 0.875. The molecule has 14 heavy (non-hydrogen) atoms. The van der Waals surface area contributed by atoms with Gasteiger partial charge in [0.15, 0.2) is 0 Å². The molecule has 0 aliphatic carbocycles. The molecule has 1 atom stereocenters. The van der Waals surface area contributed by atoms with Gasteiger partial charge in [-0.05, 0) is 31.0 Å². The van der Waals surface area contributed by atoms with Gasteiger partial charge in [0, 0.05) is 6.04 Å². The molecular formula is C11H17NO2. The van der Waals surface area contributed by atoms with E-state index in [2.05, 4.69) is 0 Å². The fraction of sp³-hybridized carbons (Fsp3) is 0.455. The maximum atomic E-state index is 8.56. The minimum Gasteiger partial charge on any atom is -0.491 e. The van der Waals surface area contributed by atoms with Crippen molar-refractivity contribution in [1.82, 2.24) is 0 Å². The van der Waals surface area contributed by atoms with Crippen molar-refractivity contribution in [3.63, 3.8) is 0 Å². The summed E-state index contributed by atoms with van der Waals surface area (Å²) in [5.41, 5.74) is 6.88. The van der Waals surface area contributed by atoms with Crippen molar-refractivity contribution in [3.05, 3.63) is 29.8 Å². The Bertz CT molecular complexity index is 256. The molecule has 0 heterocycles. The van der Waals surface area contributed by atoms with Gasteiger partial charge < -0.3 is 15.6 Å². The average molecular weight is 195 g/mol. The van der Waals surface area contributed by atoms with Crippen LogP contribution >= 0.6 is 0 Å². The first-order chi connectivity index (χ1) is 6.72. The van der Waals surface area contributed by atoms with Gasteiger partial charge in [0.05, 0.1) is 6.61 Å². The number of ether oxygens (including phenoxy) is 1. The van der Waals surface area contributed by atoms with Crippen LogP contribution in [0.3, 0.4) is 0 Å². The quantitative estimate of drug-likeness (QED) is 0.735. The molecule has 0 aromatic heterocycles. The molecule has 0 saturated heterocycles. The number of aliphatic hydroxyl groups is 1. The van der Waals surface area contributed by atoms with E-state index in [1.165, 1.54) is 5.56 Å². The van der Waals surface area contributed by atoms with Crippen LogP contribution < -0.4 is 10.5 Å². The number of rotatable bonds is 5. The maximum Gasteiger partial charge on any atom is 0.119 e. The third kappa shape index (κ3) is 3.77. The van der Waals surface area contributed by atoms with Gasteiger partial charge in [0.1, 0.15) is 12.4 Å². The van der Waals surface area contributed by atoms with E-state index in [1.807, 2.05) is 31.2 Å². The highest BCUT2D eigenvalue weighted by atomic mass is 16.5. The standard InChI is InChI=1S/C11H17NO2/c1-9(12)8-10-2-4-11(5-3-10)14-7-6-13/h2-5,9,13H,6-8,12H2,1H3/t9-/m1/s1. The summed E-state index contributed by atoms with van der Waals surface area (Å²) in [5.74, 6) is 0.785. The summed E-state index contributed by atoms with van der Waals surface area (Å²) in [7, 11) is 0. The Morgan fingerprint density at radius 1 is 1.36 bits per heavy atom. The predicted octanol–water partition coefficient (Wildman–Crippen LogP) is 0.947. The van der Waals surface area contributed by atoms with Gasteiger partial charge in [0.25, 0.3) is 0 Å². The van der Waals surface area contributed by atoms with E-state index in [9.17, 15) is 0 Å². The third-order valence-corrected chi connectivity index (χ3v) is 1.84. The van der Waals surface area contributed by atoms with Crippen LogP contribution in [0.1, 0.15) is 12.5 Å². The summed E-state index contributed by atoms with van der Waals surface area (Å²) in [6, 6.07) is 7.96. The molecule has 0 spiro atoms. The zero-order valence-corrected chi connectivity index (χ0v) is 8.44. The Labute approximate surface area is 84.5 Å². The molecule has 0 aliphatic heterocycles. The van der Waals surface area contributed by atoms with E-state index in [0.717, 1.165) is 12.2 Å². The third-order valence-electron chi connectivity index (χ3n) is 1.84. The minimum atomic E-state index is 0.0432. The fourth-order valence-electron chi connectivity index (χ4n) is 1.26. The van der Waals surface area contributed by atoms with E-state index < -0.39 is 0 Å². The van der Waals surface area contributed by atoms with Gasteiger partial charge in [0.2, 0.25) is 0 Å². The van der Waals surface area contributed by atoms with Crippen LogP contribution in [0.2, 0.25) is 0 Å². The van der Waals surface area contributed by atoms with Crippen molar-refractivity contribution in [2.45, 2.75) is 19.4 Å². The predicted molar refractivity (Wildman–Crippen MR) is 56.4 cm³/mol. The molecule has 0 fully saturated rings. The molecule has 0 saturated carbocycles. The van der Waals surface area contributed by atoms with Crippen molar-refractivity contribution in [3.8, 4) is 5.75 Å². The molecule has 3 nitrogen and oxygen atoms in total. The first-order valence-corrected chi connectivity index (χ1v) is 4.80. The number of benzene rings is 1. The lowest BCUT2D eigenvalue weighted by molar-refractivity contribution is 0.201. The van der Waals surface area contributed by atoms with Crippen LogP contribution in [0.4, 0.5) is 0 Å². The molecule has 1 aromatic rings. The zero-order chi connectivity index (χ0) is 10.4. The lowest BCUT2D eigenvalue weighted by Gasteiger charge is -2.07. The zero-order valence-electron chi connectivity index (χ0n) is 8.44. The molecule has 0 bridgehead atoms. The molecule has 3 heteroatoms. The Kier molecular flexibility index (Phi) is 4.43. The second-order valence-electron chi connectivity index (χ2n) is 3.40. The largest absolute Gasteiger partial charge is 0.491 e. The van der Waals surface area contributed by atoms with E-state index >= 15 is 0 Å². The van der Waals surface area contributed by atoms with Crippen LogP contribution in [0.5, 0.6) is 5.75 Å². The summed E-state index contributed by atoms with van der Waals surface area (Å²) in [4.78, 5) is 0. The highest BCUT2D eigenvalue weighted by Crippen LogP contribution is 2.12. The Morgan fingerprint density at radius 3 is 2.50 bits per heavy atom. The van der Waals surface area contributed by atoms with E-state index in [0.29, 0.717) is 6.61 Å². The fourth-order valence-corrected chi connectivity index (χ4v) is 1.26. The average Bonchev–Trinajstić information content (AvgIpc) is 2.16. The summed E-state index contributed by atoms with van der Waals surface area (Å²) in [5, 5.41) is 8.56.